The van der Waals surface area contributed by atoms with Crippen molar-refractivity contribution in [2.75, 3.05) is 32.8 Å². The van der Waals surface area contributed by atoms with Crippen molar-refractivity contribution >= 4 is 0 Å². The highest BCUT2D eigenvalue weighted by molar-refractivity contribution is 4.88. The molecular weight excluding hydrogens is 188 g/mol. The van der Waals surface area contributed by atoms with Gasteiger partial charge >= 0.3 is 0 Å². The third-order valence-electron chi connectivity index (χ3n) is 3.95. The second-order valence-electron chi connectivity index (χ2n) is 5.31. The highest BCUT2D eigenvalue weighted by Crippen LogP contribution is 2.27. The van der Waals surface area contributed by atoms with Gasteiger partial charge in [-0.05, 0) is 18.9 Å². The van der Waals surface area contributed by atoms with E-state index in [9.17, 15) is 0 Å². The number of hydrogen-bond donors (Lipinski definition) is 2. The second-order valence-corrected chi connectivity index (χ2v) is 5.31. The van der Waals surface area contributed by atoms with Crippen molar-refractivity contribution in [1.29, 1.82) is 0 Å². The maximum atomic E-state index is 5.75. The SMILES string of the molecule is NCC1(CNCCC2CCCC2)COC1. The summed E-state index contributed by atoms with van der Waals surface area (Å²) in [6.07, 6.45) is 7.15. The molecule has 0 aromatic carbocycles. The Balaban J connectivity index is 1.54. The molecule has 2 aliphatic rings. The van der Waals surface area contributed by atoms with Gasteiger partial charge in [0.05, 0.1) is 13.2 Å². The molecule has 1 aliphatic carbocycles. The minimum Gasteiger partial charge on any atom is -0.380 e. The monoisotopic (exact) mass is 212 g/mol. The van der Waals surface area contributed by atoms with E-state index < -0.39 is 0 Å². The van der Waals surface area contributed by atoms with Crippen LogP contribution in [0.15, 0.2) is 0 Å². The summed E-state index contributed by atoms with van der Waals surface area (Å²) in [5.74, 6) is 0.990. The molecule has 0 unspecified atom stereocenters. The summed E-state index contributed by atoms with van der Waals surface area (Å²) < 4.78 is 5.24. The molecule has 1 aliphatic heterocycles. The van der Waals surface area contributed by atoms with Gasteiger partial charge in [-0.15, -0.1) is 0 Å². The molecule has 0 bridgehead atoms. The van der Waals surface area contributed by atoms with Crippen molar-refractivity contribution in [3.63, 3.8) is 0 Å². The molecule has 3 nitrogen and oxygen atoms in total. The van der Waals surface area contributed by atoms with Gasteiger partial charge in [-0.1, -0.05) is 25.7 Å². The summed E-state index contributed by atoms with van der Waals surface area (Å²) in [4.78, 5) is 0. The molecule has 1 heterocycles. The topological polar surface area (TPSA) is 47.3 Å². The van der Waals surface area contributed by atoms with E-state index >= 15 is 0 Å². The molecule has 0 spiro atoms. The highest BCUT2D eigenvalue weighted by atomic mass is 16.5. The Morgan fingerprint density at radius 1 is 1.27 bits per heavy atom. The van der Waals surface area contributed by atoms with Crippen molar-refractivity contribution in [2.45, 2.75) is 32.1 Å². The lowest BCUT2D eigenvalue weighted by molar-refractivity contribution is -0.104. The number of rotatable bonds is 6. The van der Waals surface area contributed by atoms with Gasteiger partial charge in [0.2, 0.25) is 0 Å². The Kier molecular flexibility index (Phi) is 4.00. The minimum absolute atomic E-state index is 0.260. The average molecular weight is 212 g/mol. The minimum atomic E-state index is 0.260. The van der Waals surface area contributed by atoms with Crippen LogP contribution in [0.4, 0.5) is 0 Å². The summed E-state index contributed by atoms with van der Waals surface area (Å²) in [5.41, 5.74) is 6.01. The van der Waals surface area contributed by atoms with Crippen LogP contribution in [0.1, 0.15) is 32.1 Å². The molecule has 0 atom stereocenters. The summed E-state index contributed by atoms with van der Waals surface area (Å²) in [6.45, 7) is 4.64. The number of nitrogens with two attached hydrogens (primary N) is 1. The summed E-state index contributed by atoms with van der Waals surface area (Å²) >= 11 is 0. The van der Waals surface area contributed by atoms with Crippen LogP contribution >= 0.6 is 0 Å². The average Bonchev–Trinajstić information content (AvgIpc) is 2.68. The molecule has 0 aromatic rings. The quantitative estimate of drug-likeness (QED) is 0.649. The van der Waals surface area contributed by atoms with Gasteiger partial charge in [-0.25, -0.2) is 0 Å². The van der Waals surface area contributed by atoms with E-state index in [2.05, 4.69) is 5.32 Å². The van der Waals surface area contributed by atoms with Crippen molar-refractivity contribution < 1.29 is 4.74 Å². The smallest absolute Gasteiger partial charge is 0.0569 e. The van der Waals surface area contributed by atoms with E-state index in [0.29, 0.717) is 0 Å². The Morgan fingerprint density at radius 3 is 2.53 bits per heavy atom. The second kappa shape index (κ2) is 5.28. The molecular formula is C12H24N2O. The van der Waals surface area contributed by atoms with Gasteiger partial charge in [-0.3, -0.25) is 0 Å². The van der Waals surface area contributed by atoms with Crippen LogP contribution < -0.4 is 11.1 Å². The largest absolute Gasteiger partial charge is 0.380 e. The van der Waals surface area contributed by atoms with Crippen molar-refractivity contribution in [3.8, 4) is 0 Å². The Morgan fingerprint density at radius 2 is 2.00 bits per heavy atom. The van der Waals surface area contributed by atoms with Gasteiger partial charge in [0.1, 0.15) is 0 Å². The van der Waals surface area contributed by atoms with E-state index in [1.807, 2.05) is 0 Å². The maximum Gasteiger partial charge on any atom is 0.0569 e. The first-order chi connectivity index (χ1) is 7.35. The lowest BCUT2D eigenvalue weighted by Gasteiger charge is -2.40. The zero-order valence-electron chi connectivity index (χ0n) is 9.63. The third kappa shape index (κ3) is 2.92. The molecule has 3 N–H and O–H groups in total. The first-order valence-corrected chi connectivity index (χ1v) is 6.33. The first-order valence-electron chi connectivity index (χ1n) is 6.33. The molecule has 2 fully saturated rings. The Labute approximate surface area is 92.7 Å². The van der Waals surface area contributed by atoms with Crippen molar-refractivity contribution in [3.05, 3.63) is 0 Å². The first kappa shape index (κ1) is 11.4. The van der Waals surface area contributed by atoms with E-state index in [4.69, 9.17) is 10.5 Å². The molecule has 3 heteroatoms. The third-order valence-corrected chi connectivity index (χ3v) is 3.95. The lowest BCUT2D eigenvalue weighted by Crippen LogP contribution is -2.54. The van der Waals surface area contributed by atoms with Crippen LogP contribution in [-0.4, -0.2) is 32.8 Å². The lowest BCUT2D eigenvalue weighted by atomic mass is 9.86. The summed E-state index contributed by atoms with van der Waals surface area (Å²) in [6, 6.07) is 0. The van der Waals surface area contributed by atoms with E-state index in [1.54, 1.807) is 0 Å². The van der Waals surface area contributed by atoms with Crippen molar-refractivity contribution in [1.82, 2.24) is 5.32 Å². The van der Waals surface area contributed by atoms with E-state index in [0.717, 1.165) is 38.8 Å². The van der Waals surface area contributed by atoms with Crippen LogP contribution in [0.3, 0.4) is 0 Å². The molecule has 1 saturated carbocycles. The molecule has 0 amide bonds. The Bertz CT molecular complexity index is 181. The van der Waals surface area contributed by atoms with Gasteiger partial charge in [-0.2, -0.15) is 0 Å². The van der Waals surface area contributed by atoms with Gasteiger partial charge in [0.25, 0.3) is 0 Å². The van der Waals surface area contributed by atoms with Gasteiger partial charge in [0, 0.05) is 18.5 Å². The predicted molar refractivity (Wildman–Crippen MR) is 61.8 cm³/mol. The van der Waals surface area contributed by atoms with Crippen molar-refractivity contribution in [2.24, 2.45) is 17.1 Å². The fourth-order valence-electron chi connectivity index (χ4n) is 2.64. The molecule has 88 valence electrons. The fourth-order valence-corrected chi connectivity index (χ4v) is 2.64. The van der Waals surface area contributed by atoms with E-state index in [1.165, 1.54) is 32.1 Å². The van der Waals surface area contributed by atoms with Crippen LogP contribution in [0.25, 0.3) is 0 Å². The van der Waals surface area contributed by atoms with Crippen LogP contribution in [-0.2, 0) is 4.74 Å². The summed E-state index contributed by atoms with van der Waals surface area (Å²) in [7, 11) is 0. The number of ether oxygens (including phenoxy) is 1. The van der Waals surface area contributed by atoms with Crippen LogP contribution in [0.5, 0.6) is 0 Å². The fraction of sp³-hybridized carbons (Fsp3) is 1.00. The van der Waals surface area contributed by atoms with Gasteiger partial charge in [0.15, 0.2) is 0 Å². The molecule has 2 rings (SSSR count). The normalized spacial score (nSPS) is 25.4. The van der Waals surface area contributed by atoms with Crippen LogP contribution in [0.2, 0.25) is 0 Å². The summed E-state index contributed by atoms with van der Waals surface area (Å²) in [5, 5.41) is 3.55. The number of hydrogen-bond acceptors (Lipinski definition) is 3. The number of nitrogens with one attached hydrogen (secondary N) is 1. The van der Waals surface area contributed by atoms with Gasteiger partial charge < -0.3 is 15.8 Å². The standard InChI is InChI=1S/C12H24N2O/c13-7-12(9-15-10-12)8-14-6-5-11-3-1-2-4-11/h11,14H,1-10,13H2. The predicted octanol–water partition coefficient (Wildman–Crippen LogP) is 1.13. The molecule has 0 radical (unpaired) electrons. The highest BCUT2D eigenvalue weighted by Gasteiger charge is 2.36. The van der Waals surface area contributed by atoms with Crippen LogP contribution in [0, 0.1) is 11.3 Å². The molecule has 0 aromatic heterocycles. The Hall–Kier alpha value is -0.120. The zero-order chi connectivity index (χ0) is 10.6. The molecule has 15 heavy (non-hydrogen) atoms. The molecule has 1 saturated heterocycles. The maximum absolute atomic E-state index is 5.75. The zero-order valence-corrected chi connectivity index (χ0v) is 9.63. The van der Waals surface area contributed by atoms with E-state index in [-0.39, 0.29) is 5.41 Å².